The van der Waals surface area contributed by atoms with Crippen molar-refractivity contribution in [1.29, 1.82) is 0 Å². The molecule has 0 saturated carbocycles. The Kier molecular flexibility index (Phi) is 4.60. The summed E-state index contributed by atoms with van der Waals surface area (Å²) >= 11 is 0. The van der Waals surface area contributed by atoms with Crippen molar-refractivity contribution >= 4 is 0 Å². The number of benzene rings is 1. The first-order chi connectivity index (χ1) is 6.88. The molecule has 1 unspecified atom stereocenters. The van der Waals surface area contributed by atoms with Crippen LogP contribution in [0.3, 0.4) is 0 Å². The molecule has 1 nitrogen and oxygen atoms in total. The molecule has 1 fully saturated rings. The molecule has 2 rings (SSSR count). The Bertz CT molecular complexity index is 267. The molecular weight excluding hydrogens is 177 g/mol. The number of hydrogen-bond donors (Lipinski definition) is 1. The number of rotatable bonds is 1. The van der Waals surface area contributed by atoms with Crippen LogP contribution in [0, 0.1) is 5.82 Å². The van der Waals surface area contributed by atoms with Crippen LogP contribution in [0.4, 0.5) is 4.39 Å². The van der Waals surface area contributed by atoms with Crippen LogP contribution in [-0.2, 0) is 0 Å². The molecule has 1 heterocycles. The molecule has 1 saturated heterocycles. The highest BCUT2D eigenvalue weighted by molar-refractivity contribution is 5.22. The Morgan fingerprint density at radius 3 is 2.57 bits per heavy atom. The summed E-state index contributed by atoms with van der Waals surface area (Å²) in [6, 6.07) is 7.05. The van der Waals surface area contributed by atoms with Gasteiger partial charge in [-0.2, -0.15) is 0 Å². The van der Waals surface area contributed by atoms with Crippen LogP contribution in [0.25, 0.3) is 0 Å². The first-order valence-corrected chi connectivity index (χ1v) is 5.33. The second-order valence-corrected chi connectivity index (χ2v) is 3.21. The lowest BCUT2D eigenvalue weighted by Crippen LogP contribution is -2.08. The molecule has 1 atom stereocenters. The van der Waals surface area contributed by atoms with Crippen LogP contribution in [0.2, 0.25) is 0 Å². The summed E-state index contributed by atoms with van der Waals surface area (Å²) < 4.78 is 13.2. The van der Waals surface area contributed by atoms with E-state index in [1.807, 2.05) is 26.0 Å². The van der Waals surface area contributed by atoms with Crippen molar-refractivity contribution in [2.24, 2.45) is 0 Å². The van der Waals surface area contributed by atoms with Gasteiger partial charge in [0.15, 0.2) is 0 Å². The van der Waals surface area contributed by atoms with Gasteiger partial charge in [0.25, 0.3) is 0 Å². The fourth-order valence-electron chi connectivity index (χ4n) is 1.73. The maximum atomic E-state index is 13.2. The zero-order valence-corrected chi connectivity index (χ0v) is 8.89. The third kappa shape index (κ3) is 2.55. The van der Waals surface area contributed by atoms with E-state index >= 15 is 0 Å². The second-order valence-electron chi connectivity index (χ2n) is 3.21. The standard InChI is InChI=1S/C10H12FN.C2H6/c11-10-4-2-1-3-9(10)8-5-6-12-7-8;1-2/h1-4,8,12H,5-7H2;1-2H3. The van der Waals surface area contributed by atoms with Gasteiger partial charge in [-0.1, -0.05) is 32.0 Å². The van der Waals surface area contributed by atoms with Crippen LogP contribution < -0.4 is 5.32 Å². The lowest BCUT2D eigenvalue weighted by molar-refractivity contribution is 0.588. The van der Waals surface area contributed by atoms with Crippen molar-refractivity contribution in [3.63, 3.8) is 0 Å². The van der Waals surface area contributed by atoms with Gasteiger partial charge >= 0.3 is 0 Å². The lowest BCUT2D eigenvalue weighted by Gasteiger charge is -2.08. The molecule has 1 aromatic carbocycles. The minimum atomic E-state index is -0.0637. The Hall–Kier alpha value is -0.890. The van der Waals surface area contributed by atoms with Crippen molar-refractivity contribution in [2.75, 3.05) is 13.1 Å². The van der Waals surface area contributed by atoms with E-state index in [9.17, 15) is 4.39 Å². The van der Waals surface area contributed by atoms with E-state index < -0.39 is 0 Å². The maximum Gasteiger partial charge on any atom is 0.126 e. The molecular formula is C12H18FN. The summed E-state index contributed by atoms with van der Waals surface area (Å²) in [5.41, 5.74) is 0.863. The Balaban J connectivity index is 0.000000461. The van der Waals surface area contributed by atoms with Crippen LogP contribution in [0.5, 0.6) is 0 Å². The highest BCUT2D eigenvalue weighted by Crippen LogP contribution is 2.24. The Morgan fingerprint density at radius 1 is 1.29 bits per heavy atom. The fourth-order valence-corrected chi connectivity index (χ4v) is 1.73. The highest BCUT2D eigenvalue weighted by Gasteiger charge is 2.18. The van der Waals surface area contributed by atoms with Gasteiger partial charge in [0.2, 0.25) is 0 Å². The summed E-state index contributed by atoms with van der Waals surface area (Å²) in [5, 5.41) is 3.23. The number of nitrogens with one attached hydrogen (secondary N) is 1. The van der Waals surface area contributed by atoms with Gasteiger partial charge in [-0.3, -0.25) is 0 Å². The first kappa shape index (κ1) is 11.2. The highest BCUT2D eigenvalue weighted by atomic mass is 19.1. The monoisotopic (exact) mass is 195 g/mol. The van der Waals surface area contributed by atoms with E-state index in [1.54, 1.807) is 6.07 Å². The molecule has 0 aliphatic carbocycles. The Morgan fingerprint density at radius 2 is 2.00 bits per heavy atom. The molecule has 0 amide bonds. The molecule has 2 heteroatoms. The van der Waals surface area contributed by atoms with Gasteiger partial charge in [-0.05, 0) is 24.6 Å². The summed E-state index contributed by atoms with van der Waals surface area (Å²) in [7, 11) is 0. The molecule has 1 aliphatic rings. The fraction of sp³-hybridized carbons (Fsp3) is 0.500. The van der Waals surface area contributed by atoms with Crippen LogP contribution in [0.1, 0.15) is 31.7 Å². The minimum absolute atomic E-state index is 0.0637. The van der Waals surface area contributed by atoms with E-state index in [0.717, 1.165) is 25.1 Å². The molecule has 1 N–H and O–H groups in total. The zero-order chi connectivity index (χ0) is 10.4. The average molecular weight is 195 g/mol. The quantitative estimate of drug-likeness (QED) is 0.726. The Labute approximate surface area is 85.3 Å². The van der Waals surface area contributed by atoms with Gasteiger partial charge in [0.05, 0.1) is 0 Å². The van der Waals surface area contributed by atoms with E-state index in [-0.39, 0.29) is 5.82 Å². The van der Waals surface area contributed by atoms with E-state index in [1.165, 1.54) is 6.07 Å². The molecule has 0 radical (unpaired) electrons. The molecule has 0 bridgehead atoms. The SMILES string of the molecule is CC.Fc1ccccc1C1CCNC1. The number of halogens is 1. The van der Waals surface area contributed by atoms with Gasteiger partial charge in [0, 0.05) is 12.5 Å². The molecule has 14 heavy (non-hydrogen) atoms. The minimum Gasteiger partial charge on any atom is -0.316 e. The van der Waals surface area contributed by atoms with E-state index in [0.29, 0.717) is 5.92 Å². The summed E-state index contributed by atoms with van der Waals surface area (Å²) in [6.07, 6.45) is 1.06. The molecule has 78 valence electrons. The maximum absolute atomic E-state index is 13.2. The van der Waals surface area contributed by atoms with Crippen molar-refractivity contribution in [3.05, 3.63) is 35.6 Å². The van der Waals surface area contributed by atoms with Crippen molar-refractivity contribution < 1.29 is 4.39 Å². The van der Waals surface area contributed by atoms with Crippen LogP contribution in [-0.4, -0.2) is 13.1 Å². The second kappa shape index (κ2) is 5.76. The van der Waals surface area contributed by atoms with Gasteiger partial charge < -0.3 is 5.32 Å². The molecule has 1 aromatic rings. The molecule has 0 spiro atoms. The van der Waals surface area contributed by atoms with E-state index in [2.05, 4.69) is 5.32 Å². The summed E-state index contributed by atoms with van der Waals surface area (Å²) in [5.74, 6) is 0.317. The van der Waals surface area contributed by atoms with Crippen molar-refractivity contribution in [3.8, 4) is 0 Å². The zero-order valence-electron chi connectivity index (χ0n) is 8.89. The lowest BCUT2D eigenvalue weighted by atomic mass is 9.98. The summed E-state index contributed by atoms with van der Waals surface area (Å²) in [4.78, 5) is 0. The topological polar surface area (TPSA) is 12.0 Å². The third-order valence-electron chi connectivity index (χ3n) is 2.41. The van der Waals surface area contributed by atoms with E-state index in [4.69, 9.17) is 0 Å². The molecule has 0 aromatic heterocycles. The smallest absolute Gasteiger partial charge is 0.126 e. The van der Waals surface area contributed by atoms with Gasteiger partial charge in [-0.15, -0.1) is 0 Å². The van der Waals surface area contributed by atoms with Gasteiger partial charge in [-0.25, -0.2) is 4.39 Å². The van der Waals surface area contributed by atoms with Gasteiger partial charge in [0.1, 0.15) is 5.82 Å². The third-order valence-corrected chi connectivity index (χ3v) is 2.41. The normalized spacial score (nSPS) is 20.1. The van der Waals surface area contributed by atoms with Crippen molar-refractivity contribution in [2.45, 2.75) is 26.2 Å². The first-order valence-electron chi connectivity index (χ1n) is 5.33. The van der Waals surface area contributed by atoms with Crippen LogP contribution in [0.15, 0.2) is 24.3 Å². The largest absolute Gasteiger partial charge is 0.316 e. The van der Waals surface area contributed by atoms with Crippen LogP contribution >= 0.6 is 0 Å². The predicted octanol–water partition coefficient (Wildman–Crippen LogP) is 2.93. The summed E-state index contributed by atoms with van der Waals surface area (Å²) in [6.45, 7) is 5.93. The average Bonchev–Trinajstić information content (AvgIpc) is 2.75. The number of hydrogen-bond acceptors (Lipinski definition) is 1. The molecule has 1 aliphatic heterocycles. The predicted molar refractivity (Wildman–Crippen MR) is 58.0 cm³/mol. The van der Waals surface area contributed by atoms with Crippen molar-refractivity contribution in [1.82, 2.24) is 5.32 Å².